The third kappa shape index (κ3) is 4.61. The predicted octanol–water partition coefficient (Wildman–Crippen LogP) is 11.8. The molecule has 1 aromatic heterocycles. The van der Waals surface area contributed by atoms with Crippen LogP contribution < -0.4 is 0 Å². The van der Waals surface area contributed by atoms with E-state index in [1.54, 1.807) is 24.4 Å². The highest BCUT2D eigenvalue weighted by molar-refractivity contribution is 6.19. The molecule has 0 aliphatic heterocycles. The molecule has 0 atom stereocenters. The summed E-state index contributed by atoms with van der Waals surface area (Å²) in [4.78, 5) is 4.60. The molecular formula is C40H30F3N. The van der Waals surface area contributed by atoms with E-state index < -0.39 is 11.7 Å². The van der Waals surface area contributed by atoms with Gasteiger partial charge in [-0.05, 0) is 105 Å². The van der Waals surface area contributed by atoms with Crippen LogP contribution in [0.4, 0.5) is 13.2 Å². The maximum absolute atomic E-state index is 14.1. The minimum atomic E-state index is -4.47. The summed E-state index contributed by atoms with van der Waals surface area (Å²) in [5.41, 5.74) is 3.26. The summed E-state index contributed by atoms with van der Waals surface area (Å²) < 4.78 is 42.3. The van der Waals surface area contributed by atoms with E-state index in [1.807, 2.05) is 18.2 Å². The summed E-state index contributed by atoms with van der Waals surface area (Å²) in [6.07, 6.45) is 2.07. The molecular weight excluding hydrogens is 551 g/mol. The molecule has 1 heterocycles. The molecule has 0 spiro atoms. The molecule has 8 rings (SSSR count). The van der Waals surface area contributed by atoms with Gasteiger partial charge in [-0.2, -0.15) is 13.2 Å². The van der Waals surface area contributed by atoms with Gasteiger partial charge in [0.05, 0.1) is 11.3 Å². The second-order valence-corrected chi connectivity index (χ2v) is 12.2. The number of fused-ring (bicyclic) bond motifs is 6. The summed E-state index contributed by atoms with van der Waals surface area (Å²) in [7, 11) is 0. The van der Waals surface area contributed by atoms with Crippen LogP contribution in [0.15, 0.2) is 121 Å². The van der Waals surface area contributed by atoms with Crippen LogP contribution in [0, 0.1) is 0 Å². The molecule has 1 aliphatic carbocycles. The van der Waals surface area contributed by atoms with Crippen LogP contribution in [-0.4, -0.2) is 4.98 Å². The number of pyridine rings is 1. The van der Waals surface area contributed by atoms with Crippen LogP contribution in [0.25, 0.3) is 54.3 Å². The zero-order valence-electron chi connectivity index (χ0n) is 24.1. The first-order valence-corrected chi connectivity index (χ1v) is 15.3. The molecule has 7 aromatic rings. The Balaban J connectivity index is 1.17. The number of hydrogen-bond donors (Lipinski definition) is 0. The fourth-order valence-corrected chi connectivity index (χ4v) is 7.48. The van der Waals surface area contributed by atoms with Gasteiger partial charge in [-0.1, -0.05) is 97.1 Å². The SMILES string of the molecule is FC(F)(F)c1cc(-c2nccc3c2ccc2c4ccc(C5CCC(c6ccccc6)CC5)cc4ccc32)cc2ccccc12. The normalized spacial score (nSPS) is 17.5. The molecule has 1 nitrogen and oxygen atoms in total. The van der Waals surface area contributed by atoms with Gasteiger partial charge >= 0.3 is 6.18 Å². The molecule has 216 valence electrons. The smallest absolute Gasteiger partial charge is 0.256 e. The molecule has 1 saturated carbocycles. The van der Waals surface area contributed by atoms with Gasteiger partial charge in [-0.15, -0.1) is 0 Å². The summed E-state index contributed by atoms with van der Waals surface area (Å²) in [6, 6.07) is 37.9. The summed E-state index contributed by atoms with van der Waals surface area (Å²) >= 11 is 0. The number of alkyl halides is 3. The predicted molar refractivity (Wildman–Crippen MR) is 175 cm³/mol. The van der Waals surface area contributed by atoms with Gasteiger partial charge in [-0.25, -0.2) is 0 Å². The molecule has 0 N–H and O–H groups in total. The molecule has 0 saturated heterocycles. The molecule has 1 aliphatic rings. The van der Waals surface area contributed by atoms with Gasteiger partial charge < -0.3 is 0 Å². The quantitative estimate of drug-likeness (QED) is 0.189. The van der Waals surface area contributed by atoms with Crippen LogP contribution in [0.5, 0.6) is 0 Å². The third-order valence-corrected chi connectivity index (χ3v) is 9.69. The van der Waals surface area contributed by atoms with Crippen molar-refractivity contribution in [3.8, 4) is 11.3 Å². The van der Waals surface area contributed by atoms with Crippen molar-refractivity contribution >= 4 is 43.1 Å². The number of hydrogen-bond acceptors (Lipinski definition) is 1. The highest BCUT2D eigenvalue weighted by Gasteiger charge is 2.33. The first-order chi connectivity index (χ1) is 21.4. The van der Waals surface area contributed by atoms with Crippen LogP contribution >= 0.6 is 0 Å². The van der Waals surface area contributed by atoms with Gasteiger partial charge in [0.25, 0.3) is 0 Å². The van der Waals surface area contributed by atoms with Crippen molar-refractivity contribution in [1.82, 2.24) is 4.98 Å². The van der Waals surface area contributed by atoms with E-state index in [1.165, 1.54) is 59.7 Å². The van der Waals surface area contributed by atoms with Crippen molar-refractivity contribution in [3.63, 3.8) is 0 Å². The van der Waals surface area contributed by atoms with E-state index in [0.717, 1.165) is 21.5 Å². The van der Waals surface area contributed by atoms with Gasteiger partial charge in [0.1, 0.15) is 0 Å². The Kier molecular flexibility index (Phi) is 6.41. The fraction of sp³-hybridized carbons (Fsp3) is 0.175. The van der Waals surface area contributed by atoms with Crippen molar-refractivity contribution in [2.75, 3.05) is 0 Å². The van der Waals surface area contributed by atoms with Gasteiger partial charge in [0, 0.05) is 17.1 Å². The highest BCUT2D eigenvalue weighted by atomic mass is 19.4. The number of benzene rings is 6. The Morgan fingerprint density at radius 3 is 1.91 bits per heavy atom. The minimum Gasteiger partial charge on any atom is -0.256 e. The number of halogens is 3. The molecule has 0 amide bonds. The average Bonchev–Trinajstić information content (AvgIpc) is 3.07. The number of nitrogens with zero attached hydrogens (tertiary/aromatic N) is 1. The lowest BCUT2D eigenvalue weighted by Gasteiger charge is -2.29. The Morgan fingerprint density at radius 1 is 0.500 bits per heavy atom. The van der Waals surface area contributed by atoms with Crippen molar-refractivity contribution in [3.05, 3.63) is 138 Å². The van der Waals surface area contributed by atoms with E-state index in [9.17, 15) is 13.2 Å². The lowest BCUT2D eigenvalue weighted by Crippen LogP contribution is -2.12. The van der Waals surface area contributed by atoms with Crippen LogP contribution in [-0.2, 0) is 6.18 Å². The Bertz CT molecular complexity index is 2170. The molecule has 44 heavy (non-hydrogen) atoms. The maximum Gasteiger partial charge on any atom is 0.417 e. The van der Waals surface area contributed by atoms with Crippen molar-refractivity contribution in [1.29, 1.82) is 0 Å². The van der Waals surface area contributed by atoms with E-state index in [2.05, 4.69) is 71.7 Å². The van der Waals surface area contributed by atoms with Crippen molar-refractivity contribution in [2.45, 2.75) is 43.7 Å². The zero-order valence-corrected chi connectivity index (χ0v) is 24.1. The lowest BCUT2D eigenvalue weighted by atomic mass is 9.76. The Morgan fingerprint density at radius 2 is 1.11 bits per heavy atom. The van der Waals surface area contributed by atoms with E-state index >= 15 is 0 Å². The summed E-state index contributed by atoms with van der Waals surface area (Å²) in [5.74, 6) is 1.23. The molecule has 0 unspecified atom stereocenters. The first-order valence-electron chi connectivity index (χ1n) is 15.3. The molecule has 4 heteroatoms. The summed E-state index contributed by atoms with van der Waals surface area (Å²) in [6.45, 7) is 0. The summed E-state index contributed by atoms with van der Waals surface area (Å²) in [5, 5.41) is 7.20. The second-order valence-electron chi connectivity index (χ2n) is 12.2. The molecule has 0 bridgehead atoms. The lowest BCUT2D eigenvalue weighted by molar-refractivity contribution is -0.136. The minimum absolute atomic E-state index is 0.199. The molecule has 1 fully saturated rings. The maximum atomic E-state index is 14.1. The van der Waals surface area contributed by atoms with E-state index in [4.69, 9.17) is 0 Å². The monoisotopic (exact) mass is 581 g/mol. The Labute approximate surface area is 254 Å². The van der Waals surface area contributed by atoms with Crippen molar-refractivity contribution < 1.29 is 13.2 Å². The first kappa shape index (κ1) is 26.9. The van der Waals surface area contributed by atoms with Crippen molar-refractivity contribution in [2.24, 2.45) is 0 Å². The van der Waals surface area contributed by atoms with Gasteiger partial charge in [0.2, 0.25) is 0 Å². The van der Waals surface area contributed by atoms with Crippen LogP contribution in [0.3, 0.4) is 0 Å². The fourth-order valence-electron chi connectivity index (χ4n) is 7.48. The largest absolute Gasteiger partial charge is 0.417 e. The number of aromatic nitrogens is 1. The highest BCUT2D eigenvalue weighted by Crippen LogP contribution is 2.43. The zero-order chi connectivity index (χ0) is 29.8. The molecule has 0 radical (unpaired) electrons. The van der Waals surface area contributed by atoms with Gasteiger partial charge in [-0.3, -0.25) is 4.98 Å². The van der Waals surface area contributed by atoms with E-state index in [-0.39, 0.29) is 5.39 Å². The van der Waals surface area contributed by atoms with Crippen LogP contribution in [0.2, 0.25) is 0 Å². The average molecular weight is 582 g/mol. The second kappa shape index (κ2) is 10.5. The van der Waals surface area contributed by atoms with Crippen LogP contribution in [0.1, 0.15) is 54.2 Å². The topological polar surface area (TPSA) is 12.9 Å². The van der Waals surface area contributed by atoms with Gasteiger partial charge in [0.15, 0.2) is 0 Å². The number of rotatable bonds is 3. The third-order valence-electron chi connectivity index (χ3n) is 9.69. The molecule has 6 aromatic carbocycles. The standard InChI is InChI=1S/C40H30F3N/c41-40(42,43)38-24-31(23-29-8-4-5-9-33(29)38)39-37-19-18-34-32-16-14-28(22-30(32)15-17-35(34)36(37)20-21-44-39)27-12-10-26(11-13-27)25-6-2-1-3-7-25/h1-9,14-24,26-27H,10-13H2. The Hall–Kier alpha value is -4.70. The van der Waals surface area contributed by atoms with E-state index in [0.29, 0.717) is 28.5 Å².